The summed E-state index contributed by atoms with van der Waals surface area (Å²) in [5, 5.41) is 3.75. The van der Waals surface area contributed by atoms with E-state index in [1.807, 2.05) is 24.0 Å². The van der Waals surface area contributed by atoms with E-state index < -0.39 is 6.10 Å². The zero-order valence-corrected chi connectivity index (χ0v) is 13.3. The first-order chi connectivity index (χ1) is 9.08. The van der Waals surface area contributed by atoms with E-state index in [0.717, 1.165) is 31.7 Å². The van der Waals surface area contributed by atoms with Crippen molar-refractivity contribution in [3.8, 4) is 5.75 Å². The maximum absolute atomic E-state index is 12.2. The smallest absolute Gasteiger partial charge is 0.263 e. The third kappa shape index (κ3) is 4.27. The second-order valence-corrected chi connectivity index (χ2v) is 5.18. The molecular formula is C14H20Cl2N2O2. The van der Waals surface area contributed by atoms with Crippen LogP contribution in [0.1, 0.15) is 12.5 Å². The Bertz CT molecular complexity index is 462. The fourth-order valence-corrected chi connectivity index (χ4v) is 2.25. The van der Waals surface area contributed by atoms with Crippen molar-refractivity contribution < 1.29 is 9.53 Å². The molecular weight excluding hydrogens is 299 g/mol. The Morgan fingerprint density at radius 3 is 2.70 bits per heavy atom. The van der Waals surface area contributed by atoms with Crippen LogP contribution in [0, 0.1) is 6.92 Å². The summed E-state index contributed by atoms with van der Waals surface area (Å²) in [4.78, 5) is 14.1. The lowest BCUT2D eigenvalue weighted by atomic mass is 10.2. The van der Waals surface area contributed by atoms with Gasteiger partial charge in [-0.1, -0.05) is 17.7 Å². The molecule has 1 aliphatic rings. The molecule has 112 valence electrons. The Labute approximate surface area is 130 Å². The molecule has 1 amide bonds. The van der Waals surface area contributed by atoms with Crippen LogP contribution in [0.2, 0.25) is 5.02 Å². The van der Waals surface area contributed by atoms with Crippen LogP contribution < -0.4 is 10.1 Å². The molecule has 1 aromatic carbocycles. The Morgan fingerprint density at radius 2 is 2.05 bits per heavy atom. The number of amides is 1. The van der Waals surface area contributed by atoms with Gasteiger partial charge in [-0.2, -0.15) is 0 Å². The summed E-state index contributed by atoms with van der Waals surface area (Å²) in [5.74, 6) is 0.580. The third-order valence-corrected chi connectivity index (χ3v) is 3.48. The predicted octanol–water partition coefficient (Wildman–Crippen LogP) is 2.27. The molecule has 1 heterocycles. The number of rotatable bonds is 3. The molecule has 0 aliphatic carbocycles. The molecule has 1 unspecified atom stereocenters. The molecule has 1 saturated heterocycles. The van der Waals surface area contributed by atoms with Crippen LogP contribution in [0.3, 0.4) is 0 Å². The monoisotopic (exact) mass is 318 g/mol. The van der Waals surface area contributed by atoms with E-state index in [1.165, 1.54) is 0 Å². The van der Waals surface area contributed by atoms with E-state index in [0.29, 0.717) is 10.8 Å². The zero-order valence-electron chi connectivity index (χ0n) is 11.7. The molecule has 2 rings (SSSR count). The fourth-order valence-electron chi connectivity index (χ4n) is 2.08. The van der Waals surface area contributed by atoms with E-state index in [-0.39, 0.29) is 18.3 Å². The minimum atomic E-state index is -0.516. The Hall–Kier alpha value is -0.970. The molecule has 0 saturated carbocycles. The summed E-state index contributed by atoms with van der Waals surface area (Å²) < 4.78 is 5.70. The fraction of sp³-hybridized carbons (Fsp3) is 0.500. The maximum Gasteiger partial charge on any atom is 0.263 e. The number of ether oxygens (including phenoxy) is 1. The van der Waals surface area contributed by atoms with Crippen LogP contribution in [0.25, 0.3) is 0 Å². The van der Waals surface area contributed by atoms with Crippen molar-refractivity contribution in [1.82, 2.24) is 10.2 Å². The molecule has 1 N–H and O–H groups in total. The average molecular weight is 319 g/mol. The highest BCUT2D eigenvalue weighted by Gasteiger charge is 2.23. The SMILES string of the molecule is Cc1ccc(Cl)c(OC(C)C(=O)N2CCNCC2)c1.Cl. The minimum absolute atomic E-state index is 0. The number of carbonyl (C=O) groups is 1. The molecule has 0 bridgehead atoms. The van der Waals surface area contributed by atoms with Gasteiger partial charge in [-0.15, -0.1) is 12.4 Å². The zero-order chi connectivity index (χ0) is 13.8. The molecule has 6 heteroatoms. The number of aryl methyl sites for hydroxylation is 1. The van der Waals surface area contributed by atoms with Gasteiger partial charge in [0.2, 0.25) is 0 Å². The molecule has 20 heavy (non-hydrogen) atoms. The molecule has 0 spiro atoms. The number of carbonyl (C=O) groups excluding carboxylic acids is 1. The number of piperazine rings is 1. The van der Waals surface area contributed by atoms with Crippen molar-refractivity contribution in [2.24, 2.45) is 0 Å². The first-order valence-electron chi connectivity index (χ1n) is 6.50. The van der Waals surface area contributed by atoms with Gasteiger partial charge in [0.15, 0.2) is 6.10 Å². The molecule has 0 aromatic heterocycles. The van der Waals surface area contributed by atoms with E-state index in [9.17, 15) is 4.79 Å². The Morgan fingerprint density at radius 1 is 1.40 bits per heavy atom. The number of hydrogen-bond donors (Lipinski definition) is 1. The van der Waals surface area contributed by atoms with Crippen LogP contribution in [0.4, 0.5) is 0 Å². The standard InChI is InChI=1S/C14H19ClN2O2.ClH/c1-10-3-4-12(15)13(9-10)19-11(2)14(18)17-7-5-16-6-8-17;/h3-4,9,11,16H,5-8H2,1-2H3;1H. The number of nitrogens with zero attached hydrogens (tertiary/aromatic N) is 1. The van der Waals surface area contributed by atoms with Crippen molar-refractivity contribution in [3.63, 3.8) is 0 Å². The molecule has 1 fully saturated rings. The van der Waals surface area contributed by atoms with Crippen LogP contribution in [-0.4, -0.2) is 43.1 Å². The van der Waals surface area contributed by atoms with E-state index >= 15 is 0 Å². The molecule has 1 atom stereocenters. The van der Waals surface area contributed by atoms with Gasteiger partial charge in [0.25, 0.3) is 5.91 Å². The summed E-state index contributed by atoms with van der Waals surface area (Å²) in [6, 6.07) is 5.55. The highest BCUT2D eigenvalue weighted by molar-refractivity contribution is 6.32. The normalized spacial score (nSPS) is 16.2. The number of nitrogens with one attached hydrogen (secondary N) is 1. The van der Waals surface area contributed by atoms with E-state index in [2.05, 4.69) is 5.32 Å². The second kappa shape index (κ2) is 7.72. The van der Waals surface area contributed by atoms with Gasteiger partial charge >= 0.3 is 0 Å². The lowest BCUT2D eigenvalue weighted by Crippen LogP contribution is -2.50. The van der Waals surface area contributed by atoms with Crippen LogP contribution in [-0.2, 0) is 4.79 Å². The Kier molecular flexibility index (Phi) is 6.59. The first-order valence-corrected chi connectivity index (χ1v) is 6.88. The lowest BCUT2D eigenvalue weighted by Gasteiger charge is -2.29. The highest BCUT2D eigenvalue weighted by Crippen LogP contribution is 2.26. The van der Waals surface area contributed by atoms with Crippen molar-refractivity contribution in [3.05, 3.63) is 28.8 Å². The Balaban J connectivity index is 0.00000200. The summed E-state index contributed by atoms with van der Waals surface area (Å²) in [6.45, 7) is 6.87. The lowest BCUT2D eigenvalue weighted by molar-refractivity contribution is -0.138. The van der Waals surface area contributed by atoms with Crippen molar-refractivity contribution in [1.29, 1.82) is 0 Å². The van der Waals surface area contributed by atoms with E-state index in [4.69, 9.17) is 16.3 Å². The quantitative estimate of drug-likeness (QED) is 0.929. The van der Waals surface area contributed by atoms with Crippen molar-refractivity contribution in [2.45, 2.75) is 20.0 Å². The van der Waals surface area contributed by atoms with Gasteiger partial charge in [0, 0.05) is 26.2 Å². The molecule has 1 aliphatic heterocycles. The van der Waals surface area contributed by atoms with Crippen LogP contribution in [0.15, 0.2) is 18.2 Å². The van der Waals surface area contributed by atoms with E-state index in [1.54, 1.807) is 13.0 Å². The van der Waals surface area contributed by atoms with Crippen LogP contribution >= 0.6 is 24.0 Å². The summed E-state index contributed by atoms with van der Waals surface area (Å²) >= 11 is 6.07. The molecule has 4 nitrogen and oxygen atoms in total. The van der Waals surface area contributed by atoms with Crippen molar-refractivity contribution in [2.75, 3.05) is 26.2 Å². The largest absolute Gasteiger partial charge is 0.479 e. The van der Waals surface area contributed by atoms with Gasteiger partial charge in [0.1, 0.15) is 5.75 Å². The van der Waals surface area contributed by atoms with Gasteiger partial charge < -0.3 is 15.0 Å². The molecule has 1 aromatic rings. The predicted molar refractivity (Wildman–Crippen MR) is 83.0 cm³/mol. The summed E-state index contributed by atoms with van der Waals surface area (Å²) in [5.41, 5.74) is 1.06. The average Bonchev–Trinajstić information content (AvgIpc) is 2.43. The van der Waals surface area contributed by atoms with Gasteiger partial charge in [-0.05, 0) is 31.5 Å². The number of halogens is 2. The van der Waals surface area contributed by atoms with Gasteiger partial charge in [-0.3, -0.25) is 4.79 Å². The minimum Gasteiger partial charge on any atom is -0.479 e. The second-order valence-electron chi connectivity index (χ2n) is 4.77. The topological polar surface area (TPSA) is 41.6 Å². The number of benzene rings is 1. The highest BCUT2D eigenvalue weighted by atomic mass is 35.5. The summed E-state index contributed by atoms with van der Waals surface area (Å²) in [7, 11) is 0. The number of hydrogen-bond acceptors (Lipinski definition) is 3. The van der Waals surface area contributed by atoms with Crippen molar-refractivity contribution >= 4 is 29.9 Å². The molecule has 0 radical (unpaired) electrons. The van der Waals surface area contributed by atoms with Gasteiger partial charge in [0.05, 0.1) is 5.02 Å². The summed E-state index contributed by atoms with van der Waals surface area (Å²) in [6.07, 6.45) is -0.516. The third-order valence-electron chi connectivity index (χ3n) is 3.17. The first kappa shape index (κ1) is 17.1. The maximum atomic E-state index is 12.2. The van der Waals surface area contributed by atoms with Gasteiger partial charge in [-0.25, -0.2) is 0 Å². The van der Waals surface area contributed by atoms with Crippen LogP contribution in [0.5, 0.6) is 5.75 Å².